The van der Waals surface area contributed by atoms with Gasteiger partial charge in [-0.25, -0.2) is 0 Å². The minimum absolute atomic E-state index is 0.119. The predicted molar refractivity (Wildman–Crippen MR) is 56.6 cm³/mol. The molecule has 2 nitrogen and oxygen atoms in total. The van der Waals surface area contributed by atoms with Gasteiger partial charge in [0.2, 0.25) is 0 Å². The van der Waals surface area contributed by atoms with Gasteiger partial charge >= 0.3 is 5.97 Å². The first kappa shape index (κ1) is 10.8. The van der Waals surface area contributed by atoms with Crippen LogP contribution >= 0.6 is 0 Å². The molecule has 76 valence electrons. The Kier molecular flexibility index (Phi) is 3.28. The summed E-state index contributed by atoms with van der Waals surface area (Å²) in [6.45, 7) is 6.19. The Balaban J connectivity index is 3.08. The second-order valence-corrected chi connectivity index (χ2v) is 3.93. The van der Waals surface area contributed by atoms with E-state index >= 15 is 0 Å². The molecule has 0 amide bonds. The van der Waals surface area contributed by atoms with E-state index in [0.717, 1.165) is 11.1 Å². The largest absolute Gasteiger partial charge is 0.481 e. The van der Waals surface area contributed by atoms with Crippen LogP contribution in [0.5, 0.6) is 0 Å². The molecule has 0 heterocycles. The Morgan fingerprint density at radius 1 is 1.43 bits per heavy atom. The third-order valence-electron chi connectivity index (χ3n) is 2.27. The molecule has 0 aliphatic rings. The number of hydrogen-bond acceptors (Lipinski definition) is 1. The Labute approximate surface area is 84.6 Å². The second kappa shape index (κ2) is 4.27. The van der Waals surface area contributed by atoms with Crippen LogP contribution in [-0.4, -0.2) is 11.1 Å². The van der Waals surface area contributed by atoms with Crippen molar-refractivity contribution < 1.29 is 9.90 Å². The first-order chi connectivity index (χ1) is 6.50. The van der Waals surface area contributed by atoms with Crippen LogP contribution in [0.1, 0.15) is 36.5 Å². The van der Waals surface area contributed by atoms with Crippen LogP contribution in [0.2, 0.25) is 0 Å². The number of carboxylic acids is 1. The van der Waals surface area contributed by atoms with Crippen molar-refractivity contribution in [3.05, 3.63) is 34.9 Å². The van der Waals surface area contributed by atoms with Crippen LogP contribution in [0, 0.1) is 6.92 Å². The summed E-state index contributed by atoms with van der Waals surface area (Å²) in [6, 6.07) is 5.95. The molecule has 0 bridgehead atoms. The third-order valence-corrected chi connectivity index (χ3v) is 2.27. The highest BCUT2D eigenvalue weighted by atomic mass is 16.4. The molecule has 2 heteroatoms. The van der Waals surface area contributed by atoms with Crippen LogP contribution in [0.15, 0.2) is 18.2 Å². The monoisotopic (exact) mass is 192 g/mol. The highest BCUT2D eigenvalue weighted by molar-refractivity contribution is 5.70. The molecule has 1 aromatic rings. The van der Waals surface area contributed by atoms with E-state index in [0.29, 0.717) is 5.92 Å². The van der Waals surface area contributed by atoms with E-state index < -0.39 is 5.97 Å². The highest BCUT2D eigenvalue weighted by Crippen LogP contribution is 2.21. The topological polar surface area (TPSA) is 37.3 Å². The Hall–Kier alpha value is -1.31. The van der Waals surface area contributed by atoms with E-state index in [1.165, 1.54) is 5.56 Å². The van der Waals surface area contributed by atoms with Gasteiger partial charge in [0.05, 0.1) is 6.42 Å². The molecule has 0 radical (unpaired) electrons. The van der Waals surface area contributed by atoms with Crippen molar-refractivity contribution in [3.8, 4) is 0 Å². The molecule has 0 saturated carbocycles. The summed E-state index contributed by atoms with van der Waals surface area (Å²) < 4.78 is 0. The molecule has 0 aliphatic heterocycles. The lowest BCUT2D eigenvalue weighted by atomic mass is 9.94. The van der Waals surface area contributed by atoms with E-state index in [1.54, 1.807) is 0 Å². The fraction of sp³-hybridized carbons (Fsp3) is 0.417. The number of carboxylic acid groups (broad SMARTS) is 1. The molecule has 0 aliphatic carbocycles. The van der Waals surface area contributed by atoms with Gasteiger partial charge in [-0.3, -0.25) is 4.79 Å². The van der Waals surface area contributed by atoms with Gasteiger partial charge < -0.3 is 5.11 Å². The van der Waals surface area contributed by atoms with Crippen LogP contribution in [0.25, 0.3) is 0 Å². The van der Waals surface area contributed by atoms with Gasteiger partial charge in [-0.15, -0.1) is 0 Å². The van der Waals surface area contributed by atoms with Crippen molar-refractivity contribution in [2.24, 2.45) is 0 Å². The molecule has 1 N–H and O–H groups in total. The number of aliphatic carboxylic acids is 1. The van der Waals surface area contributed by atoms with Crippen molar-refractivity contribution in [2.75, 3.05) is 0 Å². The summed E-state index contributed by atoms with van der Waals surface area (Å²) >= 11 is 0. The SMILES string of the molecule is Cc1ccc(CC(=O)O)c(C(C)C)c1. The van der Waals surface area contributed by atoms with E-state index in [4.69, 9.17) is 5.11 Å². The van der Waals surface area contributed by atoms with E-state index in [2.05, 4.69) is 19.9 Å². The minimum Gasteiger partial charge on any atom is -0.481 e. The smallest absolute Gasteiger partial charge is 0.307 e. The van der Waals surface area contributed by atoms with Gasteiger partial charge in [-0.05, 0) is 24.0 Å². The Morgan fingerprint density at radius 3 is 2.57 bits per heavy atom. The lowest BCUT2D eigenvalue weighted by Gasteiger charge is -2.12. The molecule has 1 aromatic carbocycles. The molecule has 0 aromatic heterocycles. The van der Waals surface area contributed by atoms with Gasteiger partial charge in [0.15, 0.2) is 0 Å². The molecular formula is C12H16O2. The number of hydrogen-bond donors (Lipinski definition) is 1. The molecule has 1 rings (SSSR count). The summed E-state index contributed by atoms with van der Waals surface area (Å²) in [6.07, 6.45) is 0.119. The maximum atomic E-state index is 10.6. The molecule has 0 unspecified atom stereocenters. The maximum Gasteiger partial charge on any atom is 0.307 e. The standard InChI is InChI=1S/C12H16O2/c1-8(2)11-6-9(3)4-5-10(11)7-12(13)14/h4-6,8H,7H2,1-3H3,(H,13,14). The Bertz CT molecular complexity index is 340. The fourth-order valence-corrected chi connectivity index (χ4v) is 1.58. The van der Waals surface area contributed by atoms with Crippen molar-refractivity contribution in [1.82, 2.24) is 0 Å². The molecular weight excluding hydrogens is 176 g/mol. The van der Waals surface area contributed by atoms with Crippen molar-refractivity contribution in [2.45, 2.75) is 33.1 Å². The molecule has 0 fully saturated rings. The van der Waals surface area contributed by atoms with Gasteiger partial charge in [0.25, 0.3) is 0 Å². The average molecular weight is 192 g/mol. The summed E-state index contributed by atoms with van der Waals surface area (Å²) in [4.78, 5) is 10.6. The van der Waals surface area contributed by atoms with Crippen molar-refractivity contribution >= 4 is 5.97 Å². The van der Waals surface area contributed by atoms with Crippen molar-refractivity contribution in [1.29, 1.82) is 0 Å². The molecule has 0 spiro atoms. The first-order valence-electron chi connectivity index (χ1n) is 4.82. The van der Waals surface area contributed by atoms with Gasteiger partial charge in [-0.1, -0.05) is 37.6 Å². The lowest BCUT2D eigenvalue weighted by Crippen LogP contribution is -2.04. The fourth-order valence-electron chi connectivity index (χ4n) is 1.58. The van der Waals surface area contributed by atoms with Gasteiger partial charge in [0, 0.05) is 0 Å². The van der Waals surface area contributed by atoms with E-state index in [9.17, 15) is 4.79 Å². The van der Waals surface area contributed by atoms with Crippen molar-refractivity contribution in [3.63, 3.8) is 0 Å². The van der Waals surface area contributed by atoms with Crippen LogP contribution in [-0.2, 0) is 11.2 Å². The van der Waals surface area contributed by atoms with E-state index in [1.807, 2.05) is 19.1 Å². The van der Waals surface area contributed by atoms with Crippen LogP contribution in [0.4, 0.5) is 0 Å². The normalized spacial score (nSPS) is 10.6. The second-order valence-electron chi connectivity index (χ2n) is 3.93. The summed E-state index contributed by atoms with van der Waals surface area (Å²) in [5.41, 5.74) is 3.26. The average Bonchev–Trinajstić information content (AvgIpc) is 2.07. The van der Waals surface area contributed by atoms with E-state index in [-0.39, 0.29) is 6.42 Å². The van der Waals surface area contributed by atoms with Crippen LogP contribution < -0.4 is 0 Å². The molecule has 14 heavy (non-hydrogen) atoms. The summed E-state index contributed by atoms with van der Waals surface area (Å²) in [5.74, 6) is -0.389. The van der Waals surface area contributed by atoms with Gasteiger partial charge in [-0.2, -0.15) is 0 Å². The number of benzene rings is 1. The predicted octanol–water partition coefficient (Wildman–Crippen LogP) is 2.75. The zero-order valence-corrected chi connectivity index (χ0v) is 8.87. The zero-order chi connectivity index (χ0) is 10.7. The third kappa shape index (κ3) is 2.59. The number of aryl methyl sites for hydroxylation is 1. The van der Waals surface area contributed by atoms with Crippen LogP contribution in [0.3, 0.4) is 0 Å². The quantitative estimate of drug-likeness (QED) is 0.799. The zero-order valence-electron chi connectivity index (χ0n) is 8.87. The number of carbonyl (C=O) groups is 1. The minimum atomic E-state index is -0.768. The number of rotatable bonds is 3. The maximum absolute atomic E-state index is 10.6. The van der Waals surface area contributed by atoms with Gasteiger partial charge in [0.1, 0.15) is 0 Å². The highest BCUT2D eigenvalue weighted by Gasteiger charge is 2.09. The molecule has 0 saturated heterocycles. The molecule has 0 atom stereocenters. The summed E-state index contributed by atoms with van der Waals surface area (Å²) in [7, 11) is 0. The lowest BCUT2D eigenvalue weighted by molar-refractivity contribution is -0.136. The first-order valence-corrected chi connectivity index (χ1v) is 4.82. The summed E-state index contributed by atoms with van der Waals surface area (Å²) in [5, 5.41) is 8.74. The Morgan fingerprint density at radius 2 is 2.07 bits per heavy atom.